The normalized spacial score (nSPS) is 12.0. The van der Waals surface area contributed by atoms with Crippen LogP contribution in [0.3, 0.4) is 0 Å². The third-order valence-electron chi connectivity index (χ3n) is 2.90. The summed E-state index contributed by atoms with van der Waals surface area (Å²) in [5.41, 5.74) is 0. The number of carbonyl (C=O) groups is 4. The number of carboxylic acids is 3. The van der Waals surface area contributed by atoms with Crippen LogP contribution in [-0.2, 0) is 23.9 Å². The van der Waals surface area contributed by atoms with Crippen molar-refractivity contribution >= 4 is 23.9 Å². The van der Waals surface area contributed by atoms with Gasteiger partial charge in [0.15, 0.2) is 0 Å². The number of esters is 1. The molecule has 0 aromatic carbocycles. The van der Waals surface area contributed by atoms with Gasteiger partial charge in [0.2, 0.25) is 0 Å². The molecule has 0 heterocycles. The molecule has 1 unspecified atom stereocenters. The Labute approximate surface area is 138 Å². The maximum absolute atomic E-state index is 11.6. The van der Waals surface area contributed by atoms with Crippen LogP contribution in [0.4, 0.5) is 0 Å². The van der Waals surface area contributed by atoms with Gasteiger partial charge in [-0.15, -0.1) is 0 Å². The molecule has 0 saturated heterocycles. The summed E-state index contributed by atoms with van der Waals surface area (Å²) in [5, 5.41) is 26.6. The molecule has 0 spiro atoms. The number of hydrogen-bond acceptors (Lipinski definition) is 7. The molecule has 0 rings (SSSR count). The first kappa shape index (κ1) is 21.5. The van der Waals surface area contributed by atoms with Crippen molar-refractivity contribution in [2.45, 2.75) is 13.0 Å². The number of hydrogen-bond donors (Lipinski definition) is 3. The average Bonchev–Trinajstić information content (AvgIpc) is 2.42. The van der Waals surface area contributed by atoms with Crippen molar-refractivity contribution in [2.75, 3.05) is 39.3 Å². The second-order valence-corrected chi connectivity index (χ2v) is 5.08. The molecule has 1 atom stereocenters. The fraction of sp³-hybridized carbons (Fsp3) is 0.571. The number of aliphatic carboxylic acids is 3. The first-order valence-electron chi connectivity index (χ1n) is 7.04. The lowest BCUT2D eigenvalue weighted by molar-refractivity contribution is -0.148. The molecule has 0 amide bonds. The van der Waals surface area contributed by atoms with E-state index in [1.165, 1.54) is 11.0 Å². The highest BCUT2D eigenvalue weighted by Crippen LogP contribution is 2.04. The van der Waals surface area contributed by atoms with E-state index in [1.54, 1.807) is 6.92 Å². The molecule has 0 aliphatic carbocycles. The molecule has 3 N–H and O–H groups in total. The van der Waals surface area contributed by atoms with Crippen LogP contribution in [0.25, 0.3) is 0 Å². The van der Waals surface area contributed by atoms with Crippen LogP contribution in [-0.4, -0.2) is 94.4 Å². The van der Waals surface area contributed by atoms with Gasteiger partial charge in [0.05, 0.1) is 26.2 Å². The van der Waals surface area contributed by atoms with Gasteiger partial charge in [-0.2, -0.15) is 0 Å². The van der Waals surface area contributed by atoms with Gasteiger partial charge in [-0.3, -0.25) is 29.0 Å². The highest BCUT2D eigenvalue weighted by molar-refractivity contribution is 5.74. The minimum Gasteiger partial charge on any atom is -0.480 e. The Kier molecular flexibility index (Phi) is 9.99. The molecule has 24 heavy (non-hydrogen) atoms. The molecule has 0 aliphatic rings. The molecule has 0 radical (unpaired) electrons. The van der Waals surface area contributed by atoms with Gasteiger partial charge >= 0.3 is 23.9 Å². The summed E-state index contributed by atoms with van der Waals surface area (Å²) in [4.78, 5) is 46.6. The Hall–Kier alpha value is -2.46. The topological polar surface area (TPSA) is 145 Å². The van der Waals surface area contributed by atoms with E-state index in [4.69, 9.17) is 20.1 Å². The number of nitrogens with zero attached hydrogens (tertiary/aromatic N) is 2. The smallest absolute Gasteiger partial charge is 0.320 e. The molecular weight excluding hydrogens is 324 g/mol. The highest BCUT2D eigenvalue weighted by atomic mass is 16.5. The minimum atomic E-state index is -1.21. The monoisotopic (exact) mass is 346 g/mol. The lowest BCUT2D eigenvalue weighted by Crippen LogP contribution is -2.48. The maximum Gasteiger partial charge on any atom is 0.320 e. The van der Waals surface area contributed by atoms with Gasteiger partial charge in [-0.1, -0.05) is 12.7 Å². The molecule has 0 fully saturated rings. The van der Waals surface area contributed by atoms with Crippen LogP contribution in [0.1, 0.15) is 6.92 Å². The average molecular weight is 346 g/mol. The molecule has 10 heteroatoms. The predicted octanol–water partition coefficient (Wildman–Crippen LogP) is -1.04. The molecule has 136 valence electrons. The van der Waals surface area contributed by atoms with Crippen molar-refractivity contribution in [1.82, 2.24) is 9.80 Å². The first-order valence-corrected chi connectivity index (χ1v) is 7.04. The summed E-state index contributed by atoms with van der Waals surface area (Å²) in [6.45, 7) is 3.07. The van der Waals surface area contributed by atoms with E-state index in [9.17, 15) is 19.2 Å². The summed E-state index contributed by atoms with van der Waals surface area (Å²) < 4.78 is 4.79. The van der Waals surface area contributed by atoms with Crippen molar-refractivity contribution in [3.63, 3.8) is 0 Å². The number of carboxylic acid groups (broad SMARTS) is 3. The van der Waals surface area contributed by atoms with Gasteiger partial charge in [-0.25, -0.2) is 0 Å². The maximum atomic E-state index is 11.6. The van der Waals surface area contributed by atoms with Crippen molar-refractivity contribution < 1.29 is 39.2 Å². The van der Waals surface area contributed by atoms with Crippen LogP contribution in [0.5, 0.6) is 0 Å². The SMILES string of the molecule is C=CCOC(=O)CN(CC(=O)O)C(C)CN(CC(=O)O)CC(=O)O. The molecule has 0 aliphatic heterocycles. The van der Waals surface area contributed by atoms with E-state index in [0.717, 1.165) is 4.90 Å². The second kappa shape index (κ2) is 11.1. The lowest BCUT2D eigenvalue weighted by atomic mass is 10.2. The van der Waals surface area contributed by atoms with Crippen LogP contribution < -0.4 is 0 Å². The van der Waals surface area contributed by atoms with Crippen LogP contribution >= 0.6 is 0 Å². The van der Waals surface area contributed by atoms with Gasteiger partial charge in [0.25, 0.3) is 0 Å². The van der Waals surface area contributed by atoms with E-state index >= 15 is 0 Å². The summed E-state index contributed by atoms with van der Waals surface area (Å²) in [5.74, 6) is -4.26. The zero-order valence-electron chi connectivity index (χ0n) is 13.4. The summed E-state index contributed by atoms with van der Waals surface area (Å²) in [6.07, 6.45) is 1.37. The quantitative estimate of drug-likeness (QED) is 0.279. The van der Waals surface area contributed by atoms with Crippen molar-refractivity contribution in [2.24, 2.45) is 0 Å². The van der Waals surface area contributed by atoms with Gasteiger partial charge in [-0.05, 0) is 6.92 Å². The van der Waals surface area contributed by atoms with Crippen LogP contribution in [0.2, 0.25) is 0 Å². The molecule has 0 aromatic heterocycles. The molecule has 0 bridgehead atoms. The van der Waals surface area contributed by atoms with E-state index in [-0.39, 0.29) is 19.7 Å². The van der Waals surface area contributed by atoms with Crippen molar-refractivity contribution in [1.29, 1.82) is 0 Å². The second-order valence-electron chi connectivity index (χ2n) is 5.08. The van der Waals surface area contributed by atoms with E-state index in [2.05, 4.69) is 6.58 Å². The van der Waals surface area contributed by atoms with E-state index in [0.29, 0.717) is 0 Å². The summed E-state index contributed by atoms with van der Waals surface area (Å²) in [6, 6.07) is -0.587. The number of ether oxygens (including phenoxy) is 1. The largest absolute Gasteiger partial charge is 0.480 e. The third-order valence-corrected chi connectivity index (χ3v) is 2.90. The Bertz CT molecular complexity index is 463. The Morgan fingerprint density at radius 2 is 1.50 bits per heavy atom. The zero-order chi connectivity index (χ0) is 18.7. The van der Waals surface area contributed by atoms with E-state index < -0.39 is 49.6 Å². The predicted molar refractivity (Wildman–Crippen MR) is 81.5 cm³/mol. The van der Waals surface area contributed by atoms with Crippen LogP contribution in [0, 0.1) is 0 Å². The molecule has 0 aromatic rings. The highest BCUT2D eigenvalue weighted by Gasteiger charge is 2.24. The first-order chi connectivity index (χ1) is 11.1. The van der Waals surface area contributed by atoms with Crippen molar-refractivity contribution in [3.8, 4) is 0 Å². The minimum absolute atomic E-state index is 0.0156. The van der Waals surface area contributed by atoms with Gasteiger partial charge in [0, 0.05) is 12.6 Å². The van der Waals surface area contributed by atoms with Gasteiger partial charge in [0.1, 0.15) is 6.61 Å². The zero-order valence-corrected chi connectivity index (χ0v) is 13.4. The summed E-state index contributed by atoms with van der Waals surface area (Å²) >= 11 is 0. The summed E-state index contributed by atoms with van der Waals surface area (Å²) in [7, 11) is 0. The number of carbonyl (C=O) groups excluding carboxylic acids is 1. The van der Waals surface area contributed by atoms with Crippen LogP contribution in [0.15, 0.2) is 12.7 Å². The Balaban J connectivity index is 4.91. The standard InChI is InChI=1S/C14H22N2O8/c1-3-4-24-14(23)9-16(8-13(21)22)10(2)5-15(6-11(17)18)7-12(19)20/h3,10H,1,4-9H2,2H3,(H,17,18)(H,19,20)(H,21,22). The Morgan fingerprint density at radius 1 is 1.00 bits per heavy atom. The van der Waals surface area contributed by atoms with E-state index in [1.807, 2.05) is 0 Å². The lowest BCUT2D eigenvalue weighted by Gasteiger charge is -2.30. The van der Waals surface area contributed by atoms with Crippen molar-refractivity contribution in [3.05, 3.63) is 12.7 Å². The molecule has 0 saturated carbocycles. The molecule has 10 nitrogen and oxygen atoms in total. The fourth-order valence-electron chi connectivity index (χ4n) is 1.96. The van der Waals surface area contributed by atoms with Gasteiger partial charge < -0.3 is 20.1 Å². The fourth-order valence-corrected chi connectivity index (χ4v) is 1.96. The number of rotatable bonds is 13. The Morgan fingerprint density at radius 3 is 1.92 bits per heavy atom. The third kappa shape index (κ3) is 10.3. The molecular formula is C14H22N2O8.